The molecule has 1 saturated carbocycles. The highest BCUT2D eigenvalue weighted by atomic mass is 35.6. The normalized spacial score (nSPS) is 24.4. The summed E-state index contributed by atoms with van der Waals surface area (Å²) in [5, 5.41) is 0. The van der Waals surface area contributed by atoms with Crippen LogP contribution in [0, 0.1) is 0 Å². The largest absolute Gasteiger partial charge is 0.458 e. The number of hydrogen-bond donors (Lipinski definition) is 0. The van der Waals surface area contributed by atoms with Crippen molar-refractivity contribution in [2.75, 3.05) is 13.9 Å². The van der Waals surface area contributed by atoms with Crippen molar-refractivity contribution in [3.05, 3.63) is 0 Å². The van der Waals surface area contributed by atoms with Crippen molar-refractivity contribution in [1.29, 1.82) is 0 Å². The van der Waals surface area contributed by atoms with Gasteiger partial charge >= 0.3 is 12.0 Å². The SMILES string of the molecule is CN(C(=O)C(F)(OCF)C(F)(F)F)C1CCCC([Si](C)(C)C[Si](C)(C)Cl)C1. The van der Waals surface area contributed by atoms with Gasteiger partial charge in [-0.1, -0.05) is 39.0 Å². The quantitative estimate of drug-likeness (QED) is 0.284. The number of rotatable bonds is 7. The lowest BCUT2D eigenvalue weighted by Gasteiger charge is -2.44. The minimum Gasteiger partial charge on any atom is -0.337 e. The van der Waals surface area contributed by atoms with Gasteiger partial charge < -0.3 is 4.90 Å². The number of nitrogens with zero attached hydrogens (tertiary/aromatic N) is 1. The van der Waals surface area contributed by atoms with Gasteiger partial charge in [-0.2, -0.15) is 28.6 Å². The van der Waals surface area contributed by atoms with E-state index in [1.54, 1.807) is 0 Å². The summed E-state index contributed by atoms with van der Waals surface area (Å²) >= 11 is 6.51. The van der Waals surface area contributed by atoms with Crippen LogP contribution in [0.2, 0.25) is 37.4 Å². The molecule has 0 heterocycles. The molecule has 3 atom stereocenters. The predicted molar refractivity (Wildman–Crippen MR) is 101 cm³/mol. The Morgan fingerprint density at radius 2 is 1.74 bits per heavy atom. The van der Waals surface area contributed by atoms with E-state index >= 15 is 0 Å². The van der Waals surface area contributed by atoms with E-state index in [4.69, 9.17) is 11.1 Å². The van der Waals surface area contributed by atoms with Crippen LogP contribution < -0.4 is 0 Å². The maximum Gasteiger partial charge on any atom is 0.458 e. The first-order valence-corrected chi connectivity index (χ1v) is 16.5. The second-order valence-electron chi connectivity index (χ2n) is 8.66. The van der Waals surface area contributed by atoms with Crippen molar-refractivity contribution < 1.29 is 31.5 Å². The fourth-order valence-electron chi connectivity index (χ4n) is 4.19. The molecule has 0 N–H and O–H groups in total. The smallest absolute Gasteiger partial charge is 0.337 e. The fourth-order valence-corrected chi connectivity index (χ4v) is 19.0. The van der Waals surface area contributed by atoms with Crippen LogP contribution in [0.25, 0.3) is 0 Å². The van der Waals surface area contributed by atoms with Crippen LogP contribution in [0.15, 0.2) is 0 Å². The maximum absolute atomic E-state index is 14.3. The van der Waals surface area contributed by atoms with Crippen LogP contribution in [0.1, 0.15) is 25.7 Å². The zero-order chi connectivity index (χ0) is 21.3. The second kappa shape index (κ2) is 8.66. The molecule has 0 aliphatic heterocycles. The Labute approximate surface area is 164 Å². The summed E-state index contributed by atoms with van der Waals surface area (Å²) in [7, 11) is -2.47. The Morgan fingerprint density at radius 3 is 2.19 bits per heavy atom. The second-order valence-corrected chi connectivity index (χ2v) is 21.4. The molecular weight excluding hydrogens is 425 g/mol. The van der Waals surface area contributed by atoms with Gasteiger partial charge in [-0.05, 0) is 24.1 Å². The zero-order valence-corrected chi connectivity index (χ0v) is 19.2. The lowest BCUT2D eigenvalue weighted by molar-refractivity contribution is -0.327. The van der Waals surface area contributed by atoms with E-state index in [-0.39, 0.29) is 5.54 Å². The van der Waals surface area contributed by atoms with E-state index in [0.29, 0.717) is 12.8 Å². The summed E-state index contributed by atoms with van der Waals surface area (Å²) in [5.41, 5.74) is 1.23. The molecule has 27 heavy (non-hydrogen) atoms. The molecule has 1 rings (SSSR count). The topological polar surface area (TPSA) is 29.5 Å². The number of hydrogen-bond acceptors (Lipinski definition) is 2. The summed E-state index contributed by atoms with van der Waals surface area (Å²) in [5.74, 6) is -6.56. The standard InChI is InChI=1S/C16H29ClF5NO2Si2/c1-23(14(24)15(19,25-10-18)16(20,21)22)12-7-6-8-13(9-12)26(2,3)11-27(4,5)17/h12-13H,6-11H2,1-5H3. The molecule has 0 aromatic heterocycles. The highest BCUT2D eigenvalue weighted by Gasteiger charge is 2.65. The number of halogens is 6. The van der Waals surface area contributed by atoms with Crippen molar-refractivity contribution in [2.24, 2.45) is 0 Å². The monoisotopic (exact) mass is 453 g/mol. The number of carbonyl (C=O) groups excluding carboxylic acids is 1. The van der Waals surface area contributed by atoms with Crippen molar-refractivity contribution in [1.82, 2.24) is 4.90 Å². The summed E-state index contributed by atoms with van der Waals surface area (Å²) in [4.78, 5) is 13.0. The van der Waals surface area contributed by atoms with Crippen molar-refractivity contribution >= 4 is 32.4 Å². The number of ether oxygens (including phenoxy) is 1. The third-order valence-corrected chi connectivity index (χ3v) is 16.3. The van der Waals surface area contributed by atoms with E-state index in [0.717, 1.165) is 30.5 Å². The Hall–Kier alpha value is -0.196. The Kier molecular flexibility index (Phi) is 7.97. The van der Waals surface area contributed by atoms with Gasteiger partial charge in [0.2, 0.25) is 0 Å². The lowest BCUT2D eigenvalue weighted by atomic mass is 9.93. The van der Waals surface area contributed by atoms with Gasteiger partial charge in [-0.25, -0.2) is 4.39 Å². The van der Waals surface area contributed by atoms with Crippen LogP contribution in [-0.4, -0.2) is 58.2 Å². The molecule has 0 saturated heterocycles. The molecular formula is C16H29ClF5NO2Si2. The Morgan fingerprint density at radius 1 is 1.19 bits per heavy atom. The molecule has 1 aliphatic rings. The average molecular weight is 454 g/mol. The molecule has 3 nitrogen and oxygen atoms in total. The van der Waals surface area contributed by atoms with Crippen molar-refractivity contribution in [3.8, 4) is 0 Å². The van der Waals surface area contributed by atoms with Crippen LogP contribution in [0.3, 0.4) is 0 Å². The van der Waals surface area contributed by atoms with Crippen LogP contribution in [0.4, 0.5) is 22.0 Å². The minimum absolute atomic E-state index is 0.277. The van der Waals surface area contributed by atoms with E-state index < -0.39 is 46.3 Å². The van der Waals surface area contributed by atoms with Crippen LogP contribution >= 0.6 is 11.1 Å². The molecule has 1 fully saturated rings. The fraction of sp³-hybridized carbons (Fsp3) is 0.938. The van der Waals surface area contributed by atoms with Crippen LogP contribution in [-0.2, 0) is 9.53 Å². The van der Waals surface area contributed by atoms with Crippen molar-refractivity contribution in [2.45, 2.75) is 81.2 Å². The molecule has 0 spiro atoms. The highest BCUT2D eigenvalue weighted by Crippen LogP contribution is 2.44. The number of likely N-dealkylation sites (N-methyl/N-ethyl adjacent to an activating group) is 1. The lowest BCUT2D eigenvalue weighted by Crippen LogP contribution is -2.58. The minimum atomic E-state index is -5.65. The van der Waals surface area contributed by atoms with Gasteiger partial charge in [-0.3, -0.25) is 9.53 Å². The molecule has 0 aromatic rings. The van der Waals surface area contributed by atoms with Gasteiger partial charge in [0.1, 0.15) is 7.38 Å². The number of carbonyl (C=O) groups is 1. The van der Waals surface area contributed by atoms with E-state index in [1.165, 1.54) is 0 Å². The van der Waals surface area contributed by atoms with Gasteiger partial charge in [0.25, 0.3) is 5.91 Å². The molecule has 3 unspecified atom stereocenters. The Bertz CT molecular complexity index is 530. The third-order valence-electron chi connectivity index (χ3n) is 5.39. The molecule has 160 valence electrons. The summed E-state index contributed by atoms with van der Waals surface area (Å²) in [6.45, 7) is 6.50. The summed E-state index contributed by atoms with van der Waals surface area (Å²) in [6.07, 6.45) is -3.00. The number of amides is 1. The maximum atomic E-state index is 14.3. The molecule has 0 radical (unpaired) electrons. The van der Waals surface area contributed by atoms with E-state index in [2.05, 4.69) is 30.9 Å². The highest BCUT2D eigenvalue weighted by molar-refractivity contribution is 7.23. The van der Waals surface area contributed by atoms with E-state index in [9.17, 15) is 26.7 Å². The van der Waals surface area contributed by atoms with Gasteiger partial charge in [-0.15, -0.1) is 0 Å². The van der Waals surface area contributed by atoms with Gasteiger partial charge in [0.15, 0.2) is 6.86 Å². The van der Waals surface area contributed by atoms with Gasteiger partial charge in [0, 0.05) is 21.2 Å². The summed E-state index contributed by atoms with van der Waals surface area (Å²) in [6, 6.07) is -0.538. The first kappa shape index (κ1) is 24.8. The third kappa shape index (κ3) is 6.14. The van der Waals surface area contributed by atoms with Crippen LogP contribution in [0.5, 0.6) is 0 Å². The van der Waals surface area contributed by atoms with Gasteiger partial charge in [0.05, 0.1) is 0 Å². The predicted octanol–water partition coefficient (Wildman–Crippen LogP) is 5.62. The molecule has 1 aliphatic carbocycles. The molecule has 11 heteroatoms. The molecule has 1 amide bonds. The zero-order valence-electron chi connectivity index (χ0n) is 16.4. The van der Waals surface area contributed by atoms with E-state index in [1.807, 2.05) is 0 Å². The number of alkyl halides is 5. The Balaban J connectivity index is 2.97. The molecule has 0 aromatic carbocycles. The van der Waals surface area contributed by atoms with Crippen molar-refractivity contribution in [3.63, 3.8) is 0 Å². The first-order valence-electron chi connectivity index (χ1n) is 8.97. The summed E-state index contributed by atoms with van der Waals surface area (Å²) < 4.78 is 69.2. The molecule has 0 bridgehead atoms. The first-order chi connectivity index (χ1) is 12.0. The average Bonchev–Trinajstić information content (AvgIpc) is 2.50.